The maximum atomic E-state index is 12.6. The number of carboxylic acid groups (broad SMARTS) is 1. The molecule has 2 rings (SSSR count). The average molecular weight is 354 g/mol. The lowest BCUT2D eigenvalue weighted by Gasteiger charge is -2.23. The summed E-state index contributed by atoms with van der Waals surface area (Å²) in [6.07, 6.45) is 2.01. The van der Waals surface area contributed by atoms with E-state index in [2.05, 4.69) is 15.9 Å². The first kappa shape index (κ1) is 16.0. The first-order valence-corrected chi connectivity index (χ1v) is 8.07. The second kappa shape index (κ2) is 7.07. The summed E-state index contributed by atoms with van der Waals surface area (Å²) in [7, 11) is 0. The standard InChI is InChI=1S/C16H20BrNO3/c1-2-11(9-12-5-3-4-6-14(12)17)15(19)18-8-7-13(10-18)16(20)21/h3-6,11,13H,2,7-10H2,1H3,(H,20,21)/t11-,13+/m1/s1. The van der Waals surface area contributed by atoms with E-state index >= 15 is 0 Å². The van der Waals surface area contributed by atoms with Crippen LogP contribution in [0.15, 0.2) is 28.7 Å². The number of halogens is 1. The van der Waals surface area contributed by atoms with Crippen LogP contribution in [0.1, 0.15) is 25.3 Å². The number of amides is 1. The van der Waals surface area contributed by atoms with E-state index in [0.717, 1.165) is 16.5 Å². The highest BCUT2D eigenvalue weighted by Gasteiger charge is 2.33. The molecule has 1 N–H and O–H groups in total. The van der Waals surface area contributed by atoms with Gasteiger partial charge in [0.15, 0.2) is 0 Å². The third-order valence-corrected chi connectivity index (χ3v) is 4.89. The van der Waals surface area contributed by atoms with Gasteiger partial charge >= 0.3 is 5.97 Å². The van der Waals surface area contributed by atoms with Gasteiger partial charge in [0.2, 0.25) is 5.91 Å². The maximum Gasteiger partial charge on any atom is 0.308 e. The number of carbonyl (C=O) groups excluding carboxylic acids is 1. The van der Waals surface area contributed by atoms with Crippen LogP contribution in [0.25, 0.3) is 0 Å². The molecular weight excluding hydrogens is 334 g/mol. The molecule has 0 bridgehead atoms. The van der Waals surface area contributed by atoms with Crippen LogP contribution >= 0.6 is 15.9 Å². The fourth-order valence-electron chi connectivity index (χ4n) is 2.76. The van der Waals surface area contributed by atoms with Crippen LogP contribution in [0, 0.1) is 11.8 Å². The molecule has 1 aromatic rings. The van der Waals surface area contributed by atoms with Crippen molar-refractivity contribution in [3.05, 3.63) is 34.3 Å². The van der Waals surface area contributed by atoms with Crippen LogP contribution in [0.3, 0.4) is 0 Å². The average Bonchev–Trinajstić information content (AvgIpc) is 2.96. The Balaban J connectivity index is 2.03. The second-order valence-electron chi connectivity index (χ2n) is 5.51. The van der Waals surface area contributed by atoms with Crippen molar-refractivity contribution in [2.24, 2.45) is 11.8 Å². The van der Waals surface area contributed by atoms with E-state index in [-0.39, 0.29) is 11.8 Å². The van der Waals surface area contributed by atoms with Crippen molar-refractivity contribution in [1.29, 1.82) is 0 Å². The van der Waals surface area contributed by atoms with E-state index in [9.17, 15) is 9.59 Å². The van der Waals surface area contributed by atoms with Gasteiger partial charge in [-0.25, -0.2) is 0 Å². The molecule has 1 amide bonds. The van der Waals surface area contributed by atoms with Gasteiger partial charge in [-0.15, -0.1) is 0 Å². The number of hydrogen-bond donors (Lipinski definition) is 1. The smallest absolute Gasteiger partial charge is 0.308 e. The third-order valence-electron chi connectivity index (χ3n) is 4.12. The molecule has 0 aliphatic carbocycles. The van der Waals surface area contributed by atoms with Gasteiger partial charge in [-0.1, -0.05) is 41.1 Å². The molecule has 1 fully saturated rings. The minimum absolute atomic E-state index is 0.0806. The molecule has 1 aliphatic rings. The van der Waals surface area contributed by atoms with E-state index in [1.54, 1.807) is 4.90 Å². The largest absolute Gasteiger partial charge is 0.481 e. The minimum atomic E-state index is -0.802. The molecule has 0 saturated carbocycles. The number of benzene rings is 1. The molecule has 0 radical (unpaired) electrons. The summed E-state index contributed by atoms with van der Waals surface area (Å²) < 4.78 is 1.01. The van der Waals surface area contributed by atoms with Gasteiger partial charge in [-0.3, -0.25) is 9.59 Å². The van der Waals surface area contributed by atoms with Crippen molar-refractivity contribution in [3.63, 3.8) is 0 Å². The Bertz CT molecular complexity index is 532. The summed E-state index contributed by atoms with van der Waals surface area (Å²) in [4.78, 5) is 25.3. The van der Waals surface area contributed by atoms with Crippen molar-refractivity contribution in [1.82, 2.24) is 4.90 Å². The molecular formula is C16H20BrNO3. The number of likely N-dealkylation sites (tertiary alicyclic amines) is 1. The Morgan fingerprint density at radius 3 is 2.71 bits per heavy atom. The molecule has 0 aromatic heterocycles. The second-order valence-corrected chi connectivity index (χ2v) is 6.36. The van der Waals surface area contributed by atoms with Crippen LogP contribution in [0.5, 0.6) is 0 Å². The van der Waals surface area contributed by atoms with Gasteiger partial charge in [-0.05, 0) is 30.9 Å². The topological polar surface area (TPSA) is 57.6 Å². The molecule has 0 spiro atoms. The number of aliphatic carboxylic acids is 1. The van der Waals surface area contributed by atoms with E-state index in [0.29, 0.717) is 25.9 Å². The Morgan fingerprint density at radius 1 is 1.43 bits per heavy atom. The molecule has 1 aromatic carbocycles. The van der Waals surface area contributed by atoms with Gasteiger partial charge in [0.05, 0.1) is 5.92 Å². The summed E-state index contributed by atoms with van der Waals surface area (Å²) in [5.41, 5.74) is 1.12. The summed E-state index contributed by atoms with van der Waals surface area (Å²) in [6.45, 7) is 2.91. The highest BCUT2D eigenvalue weighted by atomic mass is 79.9. The zero-order chi connectivity index (χ0) is 15.4. The predicted molar refractivity (Wildman–Crippen MR) is 83.9 cm³/mol. The molecule has 2 atom stereocenters. The van der Waals surface area contributed by atoms with Gasteiger partial charge in [-0.2, -0.15) is 0 Å². The van der Waals surface area contributed by atoms with E-state index in [1.807, 2.05) is 31.2 Å². The highest BCUT2D eigenvalue weighted by Crippen LogP contribution is 2.25. The van der Waals surface area contributed by atoms with Gasteiger partial charge in [0, 0.05) is 23.5 Å². The Labute approximate surface area is 133 Å². The van der Waals surface area contributed by atoms with E-state index < -0.39 is 11.9 Å². The van der Waals surface area contributed by atoms with Crippen molar-refractivity contribution >= 4 is 27.8 Å². The van der Waals surface area contributed by atoms with Crippen molar-refractivity contribution < 1.29 is 14.7 Å². The number of carboxylic acids is 1. The quantitative estimate of drug-likeness (QED) is 0.885. The Kier molecular flexibility index (Phi) is 5.39. The van der Waals surface area contributed by atoms with Gasteiger partial charge in [0.25, 0.3) is 0 Å². The fraction of sp³-hybridized carbons (Fsp3) is 0.500. The molecule has 1 aliphatic heterocycles. The normalized spacial score (nSPS) is 19.5. The van der Waals surface area contributed by atoms with Crippen molar-refractivity contribution in [2.75, 3.05) is 13.1 Å². The van der Waals surface area contributed by atoms with E-state index in [4.69, 9.17) is 5.11 Å². The highest BCUT2D eigenvalue weighted by molar-refractivity contribution is 9.10. The van der Waals surface area contributed by atoms with Crippen LogP contribution in [0.2, 0.25) is 0 Å². The van der Waals surface area contributed by atoms with Gasteiger partial charge in [0.1, 0.15) is 0 Å². The van der Waals surface area contributed by atoms with Crippen LogP contribution in [-0.2, 0) is 16.0 Å². The lowest BCUT2D eigenvalue weighted by atomic mass is 9.95. The number of hydrogen-bond acceptors (Lipinski definition) is 2. The lowest BCUT2D eigenvalue weighted by Crippen LogP contribution is -2.35. The number of rotatable bonds is 5. The molecule has 5 heteroatoms. The van der Waals surface area contributed by atoms with Crippen LogP contribution < -0.4 is 0 Å². The molecule has 0 unspecified atom stereocenters. The third kappa shape index (κ3) is 3.84. The zero-order valence-corrected chi connectivity index (χ0v) is 13.7. The van der Waals surface area contributed by atoms with Gasteiger partial charge < -0.3 is 10.0 Å². The number of nitrogens with zero attached hydrogens (tertiary/aromatic N) is 1. The number of carbonyl (C=O) groups is 2. The van der Waals surface area contributed by atoms with Crippen molar-refractivity contribution in [3.8, 4) is 0 Å². The summed E-state index contributed by atoms with van der Waals surface area (Å²) in [6, 6.07) is 7.91. The molecule has 4 nitrogen and oxygen atoms in total. The molecule has 1 heterocycles. The SMILES string of the molecule is CC[C@H](Cc1ccccc1Br)C(=O)N1CC[C@H](C(=O)O)C1. The minimum Gasteiger partial charge on any atom is -0.481 e. The molecule has 21 heavy (non-hydrogen) atoms. The fourth-order valence-corrected chi connectivity index (χ4v) is 3.20. The zero-order valence-electron chi connectivity index (χ0n) is 12.1. The van der Waals surface area contributed by atoms with Crippen molar-refractivity contribution in [2.45, 2.75) is 26.2 Å². The Hall–Kier alpha value is -1.36. The lowest BCUT2D eigenvalue weighted by molar-refractivity contribution is -0.141. The molecule has 1 saturated heterocycles. The van der Waals surface area contributed by atoms with Crippen LogP contribution in [0.4, 0.5) is 0 Å². The monoisotopic (exact) mass is 353 g/mol. The first-order valence-electron chi connectivity index (χ1n) is 7.28. The first-order chi connectivity index (χ1) is 10.0. The maximum absolute atomic E-state index is 12.6. The molecule has 114 valence electrons. The summed E-state index contributed by atoms with van der Waals surface area (Å²) >= 11 is 3.51. The Morgan fingerprint density at radius 2 is 2.14 bits per heavy atom. The predicted octanol–water partition coefficient (Wildman–Crippen LogP) is 2.95. The summed E-state index contributed by atoms with van der Waals surface area (Å²) in [5, 5.41) is 9.04. The van der Waals surface area contributed by atoms with Crippen LogP contribution in [-0.4, -0.2) is 35.0 Å². The van der Waals surface area contributed by atoms with E-state index in [1.165, 1.54) is 0 Å². The summed E-state index contributed by atoms with van der Waals surface area (Å²) in [5.74, 6) is -1.22.